The van der Waals surface area contributed by atoms with Crippen molar-refractivity contribution in [1.82, 2.24) is 29.9 Å². The molecule has 1 fully saturated rings. The van der Waals surface area contributed by atoms with E-state index in [1.807, 2.05) is 54.0 Å². The lowest BCUT2D eigenvalue weighted by Crippen LogP contribution is -2.50. The summed E-state index contributed by atoms with van der Waals surface area (Å²) in [4.78, 5) is 54.5. The second kappa shape index (κ2) is 28.0. The molecule has 19 heteroatoms. The minimum atomic E-state index is -4.13. The summed E-state index contributed by atoms with van der Waals surface area (Å²) in [5, 5.41) is 11.5. The molecule has 0 spiro atoms. The molecule has 3 aliphatic heterocycles. The van der Waals surface area contributed by atoms with Crippen molar-refractivity contribution in [2.45, 2.75) is 70.8 Å². The van der Waals surface area contributed by atoms with Gasteiger partial charge < -0.3 is 57.1 Å². The number of thiophene rings is 1. The monoisotopic (exact) mass is 1110 g/mol. The number of hydrogen-bond donors (Lipinski definition) is 3. The third kappa shape index (κ3) is 15.0. The van der Waals surface area contributed by atoms with Crippen LogP contribution < -0.4 is 30.2 Å². The van der Waals surface area contributed by atoms with E-state index >= 15 is 8.63 Å². The lowest BCUT2D eigenvalue weighted by molar-refractivity contribution is -0.360. The lowest BCUT2D eigenvalue weighted by Gasteiger charge is -2.30. The summed E-state index contributed by atoms with van der Waals surface area (Å²) < 4.78 is 59.1. The zero-order chi connectivity index (χ0) is 55.7. The van der Waals surface area contributed by atoms with Crippen molar-refractivity contribution in [3.8, 4) is 17.2 Å². The Labute approximate surface area is 470 Å². The van der Waals surface area contributed by atoms with Crippen LogP contribution in [0.3, 0.4) is 0 Å². The second-order valence-corrected chi connectivity index (χ2v) is 21.1. The van der Waals surface area contributed by atoms with Crippen LogP contribution in [0.1, 0.15) is 102 Å². The van der Waals surface area contributed by atoms with Crippen LogP contribution in [0.4, 0.5) is 8.63 Å². The van der Waals surface area contributed by atoms with Crippen molar-refractivity contribution in [2.24, 2.45) is 0 Å². The number of hydrogen-bond acceptors (Lipinski definition) is 10. The fourth-order valence-electron chi connectivity index (χ4n) is 10.2. The molecule has 420 valence electrons. The smallest absolute Gasteiger partial charge is 0.497 e. The number of amides is 3. The number of aromatic nitrogens is 2. The maximum atomic E-state index is 16.1. The van der Waals surface area contributed by atoms with Gasteiger partial charge in [-0.25, -0.2) is 0 Å². The highest BCUT2D eigenvalue weighted by molar-refractivity contribution is 7.12. The fourth-order valence-corrected chi connectivity index (χ4v) is 10.9. The lowest BCUT2D eigenvalue weighted by atomic mass is 9.90. The van der Waals surface area contributed by atoms with Crippen LogP contribution in [0.25, 0.3) is 29.1 Å². The molecule has 0 saturated carbocycles. The largest absolute Gasteiger partial charge is 0.737 e. The van der Waals surface area contributed by atoms with E-state index in [0.29, 0.717) is 83.8 Å². The standard InChI is InChI=1S/C61H70BF2N7O8S/c1-76-50-25-17-46(18-26-50)61(75)54-42-69(34-33-68-35-37-77-38-36-68)55-29-27-52(41-53(54)55)79-44-60(74)66-31-9-5-3-2-4-8-30-65-58(72)13-7-6-10-32-67-59(73)43-78-51-23-15-45(16-24-51)14-19-47-20-21-48-40-49-22-28-56(57-12-11-39-80-57)71(49)62(63,64)70(47)48/h11-12,14-29,39-42H,2-10,13,30-38,43-44H2,1H3,(H,65,72)(H,66,74)(H,67,73)/b19-14+. The van der Waals surface area contributed by atoms with E-state index in [4.69, 9.17) is 18.9 Å². The van der Waals surface area contributed by atoms with E-state index < -0.39 is 6.97 Å². The summed E-state index contributed by atoms with van der Waals surface area (Å²) in [6.07, 6.45) is 19.2. The number of carbonyl (C=O) groups excluding carboxylic acids is 4. The molecule has 15 nitrogen and oxygen atoms in total. The van der Waals surface area contributed by atoms with Crippen LogP contribution in [0.15, 0.2) is 120 Å². The Morgan fingerprint density at radius 2 is 1.36 bits per heavy atom. The average Bonchev–Trinajstić information content (AvgIpc) is 3.79. The van der Waals surface area contributed by atoms with Crippen molar-refractivity contribution in [2.75, 3.05) is 72.8 Å². The topological polar surface area (TPSA) is 157 Å². The zero-order valence-corrected chi connectivity index (χ0v) is 46.2. The van der Waals surface area contributed by atoms with Gasteiger partial charge in [0.2, 0.25) is 5.91 Å². The van der Waals surface area contributed by atoms with Crippen molar-refractivity contribution >= 4 is 76.7 Å². The number of allylic oxidation sites excluding steroid dienone is 2. The molecule has 0 radical (unpaired) electrons. The Morgan fingerprint density at radius 3 is 2.05 bits per heavy atom. The van der Waals surface area contributed by atoms with Crippen molar-refractivity contribution in [3.05, 3.63) is 153 Å². The third-order valence-electron chi connectivity index (χ3n) is 14.5. The van der Waals surface area contributed by atoms with Crippen molar-refractivity contribution in [1.29, 1.82) is 0 Å². The van der Waals surface area contributed by atoms with E-state index in [0.717, 1.165) is 121 Å². The highest BCUT2D eigenvalue weighted by Crippen LogP contribution is 2.35. The molecule has 0 bridgehead atoms. The molecule has 6 heterocycles. The summed E-state index contributed by atoms with van der Waals surface area (Å²) in [5.41, 5.74) is 4.66. The number of morpholine rings is 1. The SMILES string of the molecule is COc1ccc(C(=O)c2cn(CCN3CCOCC3)c3ccc(OCC(=O)NCCCCCCCCNC(=O)CCCCCNC(=O)COc4ccc(/C=C/c5ccc6n5[B-](F)(F)[N+]5=C(c7cccs7)C=CC5=C6)cc4)cc23)cc1. The average molecular weight is 1110 g/mol. The highest BCUT2D eigenvalue weighted by atomic mass is 32.1. The number of ether oxygens (including phenoxy) is 4. The number of unbranched alkanes of at least 4 members (excludes halogenated alkanes) is 7. The molecule has 3 N–H and O–H groups in total. The van der Waals surface area contributed by atoms with E-state index in [1.54, 1.807) is 86.0 Å². The molecule has 3 aromatic heterocycles. The molecule has 6 aromatic rings. The fraction of sp³-hybridized carbons (Fsp3) is 0.361. The molecule has 3 aliphatic rings. The van der Waals surface area contributed by atoms with Gasteiger partial charge in [0.05, 0.1) is 25.2 Å². The minimum absolute atomic E-state index is 0.0345. The van der Waals surface area contributed by atoms with Gasteiger partial charge in [-0.2, -0.15) is 0 Å². The predicted molar refractivity (Wildman–Crippen MR) is 311 cm³/mol. The normalized spacial score (nSPS) is 14.7. The van der Waals surface area contributed by atoms with E-state index in [1.165, 1.54) is 11.3 Å². The minimum Gasteiger partial charge on any atom is -0.497 e. The molecule has 0 unspecified atom stereocenters. The van der Waals surface area contributed by atoms with Gasteiger partial charge in [0.1, 0.15) is 17.2 Å². The number of nitrogens with one attached hydrogen (secondary N) is 3. The molecule has 3 amide bonds. The number of fused-ring (bicyclic) bond motifs is 3. The second-order valence-electron chi connectivity index (χ2n) is 20.2. The molecule has 1 saturated heterocycles. The van der Waals surface area contributed by atoms with Crippen LogP contribution in [0, 0.1) is 0 Å². The molecule has 0 aliphatic carbocycles. The predicted octanol–water partition coefficient (Wildman–Crippen LogP) is 9.60. The van der Waals surface area contributed by atoms with Crippen LogP contribution in [-0.4, -0.2) is 127 Å². The summed E-state index contributed by atoms with van der Waals surface area (Å²) in [6.45, 7) is 2.04. The van der Waals surface area contributed by atoms with Gasteiger partial charge in [-0.3, -0.25) is 24.1 Å². The summed E-state index contributed by atoms with van der Waals surface area (Å²) in [7, 11) is 1.59. The summed E-state index contributed by atoms with van der Waals surface area (Å²) in [5.74, 6) is 1.20. The number of rotatable bonds is 30. The Morgan fingerprint density at radius 1 is 0.713 bits per heavy atom. The third-order valence-corrected chi connectivity index (χ3v) is 15.4. The number of methoxy groups -OCH3 is 1. The van der Waals surface area contributed by atoms with E-state index in [2.05, 4.69) is 25.4 Å². The molecule has 0 atom stereocenters. The number of ketones is 1. The first-order valence-electron chi connectivity index (χ1n) is 27.8. The molecule has 80 heavy (non-hydrogen) atoms. The van der Waals surface area contributed by atoms with Gasteiger partial charge in [0.15, 0.2) is 30.4 Å². The first-order valence-corrected chi connectivity index (χ1v) is 28.7. The van der Waals surface area contributed by atoms with Crippen molar-refractivity contribution in [3.63, 3.8) is 0 Å². The zero-order valence-electron chi connectivity index (χ0n) is 45.3. The van der Waals surface area contributed by atoms with Crippen LogP contribution >= 0.6 is 11.3 Å². The Hall–Kier alpha value is -7.61. The molecular formula is C61H70BF2N7O8S. The van der Waals surface area contributed by atoms with Crippen LogP contribution in [0.2, 0.25) is 0 Å². The Bertz CT molecular complexity index is 3220. The quantitative estimate of drug-likeness (QED) is 0.0227. The summed E-state index contributed by atoms with van der Waals surface area (Å²) in [6, 6.07) is 27.0. The Kier molecular flexibility index (Phi) is 20.0. The van der Waals surface area contributed by atoms with Gasteiger partial charge in [-0.15, -0.1) is 11.3 Å². The first-order chi connectivity index (χ1) is 39.0. The van der Waals surface area contributed by atoms with Crippen LogP contribution in [0.5, 0.6) is 17.2 Å². The number of benzene rings is 3. The molecule has 3 aromatic carbocycles. The van der Waals surface area contributed by atoms with Gasteiger partial charge in [-0.05, 0) is 115 Å². The number of nitrogens with zero attached hydrogens (tertiary/aromatic N) is 4. The Balaban J connectivity index is 0.581. The van der Waals surface area contributed by atoms with Gasteiger partial charge in [-0.1, -0.05) is 56.4 Å². The maximum absolute atomic E-state index is 16.1. The van der Waals surface area contributed by atoms with Gasteiger partial charge >= 0.3 is 6.97 Å². The summed E-state index contributed by atoms with van der Waals surface area (Å²) >= 11 is 1.43. The van der Waals surface area contributed by atoms with Crippen LogP contribution in [-0.2, 0) is 25.7 Å². The maximum Gasteiger partial charge on any atom is 0.737 e. The van der Waals surface area contributed by atoms with Gasteiger partial charge in [0, 0.05) is 110 Å². The molecule has 9 rings (SSSR count). The number of halogens is 2. The molecular weight excluding hydrogens is 1040 g/mol. The van der Waals surface area contributed by atoms with Crippen molar-refractivity contribution < 1.29 is 51.2 Å². The van der Waals surface area contributed by atoms with E-state index in [-0.39, 0.29) is 36.7 Å². The van der Waals surface area contributed by atoms with E-state index in [9.17, 15) is 19.2 Å². The first kappa shape index (κ1) is 57.1. The highest BCUT2D eigenvalue weighted by Gasteiger charge is 2.52. The van der Waals surface area contributed by atoms with Gasteiger partial charge in [0.25, 0.3) is 11.8 Å². The number of carbonyl (C=O) groups is 4.